The number of hydrogen-bond donors (Lipinski definition) is 0. The molecule has 0 bridgehead atoms. The molecule has 0 saturated carbocycles. The van der Waals surface area contributed by atoms with Crippen LogP contribution < -0.4 is 4.90 Å². The van der Waals surface area contributed by atoms with E-state index in [1.807, 2.05) is 0 Å². The van der Waals surface area contributed by atoms with E-state index < -0.39 is 5.41 Å². The number of benzene rings is 9. The third-order valence-corrected chi connectivity index (χ3v) is 12.7. The van der Waals surface area contributed by atoms with Gasteiger partial charge in [0, 0.05) is 22.5 Å². The van der Waals surface area contributed by atoms with Gasteiger partial charge in [0.1, 0.15) is 0 Å². The van der Waals surface area contributed by atoms with E-state index in [4.69, 9.17) is 0 Å². The lowest BCUT2D eigenvalue weighted by molar-refractivity contribution is 0.660. The van der Waals surface area contributed by atoms with Crippen molar-refractivity contribution >= 4 is 27.8 Å². The van der Waals surface area contributed by atoms with Gasteiger partial charge in [0.2, 0.25) is 0 Å². The summed E-state index contributed by atoms with van der Waals surface area (Å²) in [4.78, 5) is 2.36. The molecule has 0 spiro atoms. The summed E-state index contributed by atoms with van der Waals surface area (Å²) in [5, 5.41) is 2.58. The molecule has 57 heavy (non-hydrogen) atoms. The summed E-state index contributed by atoms with van der Waals surface area (Å²) in [6.07, 6.45) is 0. The lowest BCUT2D eigenvalue weighted by Crippen LogP contribution is -2.29. The minimum atomic E-state index is -0.514. The lowest BCUT2D eigenvalue weighted by Gasteiger charge is -2.35. The van der Waals surface area contributed by atoms with Crippen molar-refractivity contribution in [3.05, 3.63) is 246 Å². The molecule has 0 N–H and O–H groups in total. The van der Waals surface area contributed by atoms with Crippen LogP contribution in [0.5, 0.6) is 0 Å². The second-order valence-electron chi connectivity index (χ2n) is 16.1. The van der Waals surface area contributed by atoms with Gasteiger partial charge >= 0.3 is 0 Å². The van der Waals surface area contributed by atoms with Gasteiger partial charge in [0.25, 0.3) is 0 Å². The molecule has 0 saturated heterocycles. The first-order valence-corrected chi connectivity index (χ1v) is 20.0. The van der Waals surface area contributed by atoms with Gasteiger partial charge in [-0.2, -0.15) is 0 Å². The first-order chi connectivity index (χ1) is 28.0. The molecular formula is C56H41N. The fraction of sp³-hybridized carbons (Fsp3) is 0.0714. The van der Waals surface area contributed by atoms with Gasteiger partial charge < -0.3 is 4.90 Å². The maximum absolute atomic E-state index is 2.52. The molecule has 11 rings (SSSR count). The highest BCUT2D eigenvalue weighted by atomic mass is 15.1. The van der Waals surface area contributed by atoms with Crippen molar-refractivity contribution in [1.29, 1.82) is 0 Å². The maximum Gasteiger partial charge on any atom is 0.0713 e. The Morgan fingerprint density at radius 1 is 0.316 bits per heavy atom. The molecule has 1 nitrogen and oxygen atoms in total. The van der Waals surface area contributed by atoms with Gasteiger partial charge in [-0.15, -0.1) is 0 Å². The van der Waals surface area contributed by atoms with Crippen LogP contribution in [0.4, 0.5) is 17.1 Å². The van der Waals surface area contributed by atoms with E-state index in [9.17, 15) is 0 Å². The smallest absolute Gasteiger partial charge is 0.0713 e. The largest absolute Gasteiger partial charge is 0.311 e. The van der Waals surface area contributed by atoms with Crippen molar-refractivity contribution < 1.29 is 0 Å². The Hall–Kier alpha value is -6.96. The predicted octanol–water partition coefficient (Wildman–Crippen LogP) is 14.6. The molecule has 9 aromatic carbocycles. The number of rotatable bonds is 6. The van der Waals surface area contributed by atoms with Crippen molar-refractivity contribution in [2.24, 2.45) is 0 Å². The quantitative estimate of drug-likeness (QED) is 0.165. The molecule has 2 aliphatic rings. The van der Waals surface area contributed by atoms with Gasteiger partial charge in [-0.05, 0) is 132 Å². The summed E-state index contributed by atoms with van der Waals surface area (Å²) in [6, 6.07) is 78.7. The van der Waals surface area contributed by atoms with E-state index in [1.165, 1.54) is 77.5 Å². The maximum atomic E-state index is 2.52. The molecule has 0 aliphatic heterocycles. The van der Waals surface area contributed by atoms with Gasteiger partial charge in [-0.25, -0.2) is 0 Å². The highest BCUT2D eigenvalue weighted by Crippen LogP contribution is 2.58. The molecule has 0 unspecified atom stereocenters. The molecule has 0 atom stereocenters. The first kappa shape index (κ1) is 33.4. The average molecular weight is 728 g/mol. The van der Waals surface area contributed by atoms with E-state index >= 15 is 0 Å². The van der Waals surface area contributed by atoms with Gasteiger partial charge in [0.15, 0.2) is 0 Å². The van der Waals surface area contributed by atoms with Gasteiger partial charge in [0.05, 0.1) is 5.41 Å². The second-order valence-corrected chi connectivity index (χ2v) is 16.1. The van der Waals surface area contributed by atoms with Gasteiger partial charge in [-0.3, -0.25) is 0 Å². The number of hydrogen-bond acceptors (Lipinski definition) is 1. The van der Waals surface area contributed by atoms with Crippen LogP contribution in [0, 0.1) is 0 Å². The molecular weight excluding hydrogens is 687 g/mol. The minimum Gasteiger partial charge on any atom is -0.311 e. The van der Waals surface area contributed by atoms with Crippen LogP contribution >= 0.6 is 0 Å². The van der Waals surface area contributed by atoms with Crippen molar-refractivity contribution in [3.63, 3.8) is 0 Å². The van der Waals surface area contributed by atoms with Crippen LogP contribution in [0.1, 0.15) is 47.2 Å². The normalized spacial score (nSPS) is 14.1. The number of anilines is 3. The van der Waals surface area contributed by atoms with Crippen LogP contribution in [0.3, 0.4) is 0 Å². The predicted molar refractivity (Wildman–Crippen MR) is 239 cm³/mol. The number of para-hydroxylation sites is 1. The van der Waals surface area contributed by atoms with E-state index in [0.29, 0.717) is 0 Å². The Morgan fingerprint density at radius 3 is 1.44 bits per heavy atom. The first-order valence-electron chi connectivity index (χ1n) is 20.0. The van der Waals surface area contributed by atoms with E-state index in [1.54, 1.807) is 0 Å². The number of nitrogens with zero attached hydrogens (tertiary/aromatic N) is 1. The molecule has 270 valence electrons. The average Bonchev–Trinajstić information content (AvgIpc) is 3.69. The van der Waals surface area contributed by atoms with Crippen molar-refractivity contribution in [1.82, 2.24) is 0 Å². The van der Waals surface area contributed by atoms with Gasteiger partial charge in [-0.1, -0.05) is 172 Å². The molecule has 0 radical (unpaired) electrons. The van der Waals surface area contributed by atoms with Crippen LogP contribution in [0.25, 0.3) is 44.2 Å². The highest BCUT2D eigenvalue weighted by molar-refractivity contribution is 5.95. The topological polar surface area (TPSA) is 3.24 Å². The third kappa shape index (κ3) is 5.02. The highest BCUT2D eigenvalue weighted by Gasteiger charge is 2.47. The minimum absolute atomic E-state index is 0.103. The third-order valence-electron chi connectivity index (χ3n) is 12.7. The molecule has 0 fully saturated rings. The van der Waals surface area contributed by atoms with Crippen molar-refractivity contribution in [3.8, 4) is 33.4 Å². The molecule has 0 heterocycles. The summed E-state index contributed by atoms with van der Waals surface area (Å²) < 4.78 is 0. The Morgan fingerprint density at radius 2 is 0.789 bits per heavy atom. The zero-order valence-corrected chi connectivity index (χ0v) is 32.2. The molecule has 0 amide bonds. The number of fused-ring (bicyclic) bond motifs is 7. The summed E-state index contributed by atoms with van der Waals surface area (Å²) in [5.74, 6) is 0. The monoisotopic (exact) mass is 727 g/mol. The fourth-order valence-electron chi connectivity index (χ4n) is 10.0. The molecule has 1 heteroatoms. The Labute approximate surface area is 335 Å². The van der Waals surface area contributed by atoms with Crippen LogP contribution in [-0.4, -0.2) is 0 Å². The standard InChI is InChI=1S/C56H41N/c1-55(2)51-34-29-43(37-50(51)49-35-40-17-9-10-18-41(40)36-54(49)55)56(52-23-13-11-21-47(52)48-22-12-14-24-53(48)56)42-27-32-46(33-28-42)57(44-19-7-4-8-20-44)45-30-25-39(26-31-45)38-15-5-3-6-16-38/h3-37H,1-2H3. The second kappa shape index (κ2) is 12.8. The summed E-state index contributed by atoms with van der Waals surface area (Å²) in [7, 11) is 0. The van der Waals surface area contributed by atoms with Crippen LogP contribution in [0.15, 0.2) is 212 Å². The van der Waals surface area contributed by atoms with E-state index in [2.05, 4.69) is 231 Å². The van der Waals surface area contributed by atoms with E-state index in [0.717, 1.165) is 17.1 Å². The lowest BCUT2D eigenvalue weighted by atomic mass is 9.67. The van der Waals surface area contributed by atoms with Crippen LogP contribution in [-0.2, 0) is 10.8 Å². The van der Waals surface area contributed by atoms with E-state index in [-0.39, 0.29) is 5.41 Å². The zero-order chi connectivity index (χ0) is 38.1. The SMILES string of the molecule is CC1(C)c2ccc(C3(c4ccc(N(c5ccccc5)c5ccc(-c6ccccc6)cc5)cc4)c4ccccc4-c4ccccc43)cc2-c2cc3ccccc3cc21. The molecule has 0 aromatic heterocycles. The van der Waals surface area contributed by atoms with Crippen molar-refractivity contribution in [2.45, 2.75) is 24.7 Å². The summed E-state index contributed by atoms with van der Waals surface area (Å²) >= 11 is 0. The fourth-order valence-corrected chi connectivity index (χ4v) is 10.0. The molecule has 2 aliphatic carbocycles. The van der Waals surface area contributed by atoms with Crippen molar-refractivity contribution in [2.75, 3.05) is 4.90 Å². The Kier molecular flexibility index (Phi) is 7.50. The molecule has 9 aromatic rings. The summed E-state index contributed by atoms with van der Waals surface area (Å²) in [5.41, 5.74) is 18.4. The zero-order valence-electron chi connectivity index (χ0n) is 32.2. The summed E-state index contributed by atoms with van der Waals surface area (Å²) in [6.45, 7) is 4.77. The Bertz CT molecular complexity index is 2910. The Balaban J connectivity index is 1.10. The van der Waals surface area contributed by atoms with Crippen LogP contribution in [0.2, 0.25) is 0 Å².